The van der Waals surface area contributed by atoms with Crippen molar-refractivity contribution in [1.29, 1.82) is 0 Å². The van der Waals surface area contributed by atoms with Crippen LogP contribution in [0.2, 0.25) is 0 Å². The smallest absolute Gasteiger partial charge is 0.220 e. The summed E-state index contributed by atoms with van der Waals surface area (Å²) in [4.78, 5) is 17.1. The van der Waals surface area contributed by atoms with E-state index in [2.05, 4.69) is 37.4 Å². The summed E-state index contributed by atoms with van der Waals surface area (Å²) >= 11 is 0. The number of methoxy groups -OCH3 is 1. The van der Waals surface area contributed by atoms with E-state index in [0.717, 1.165) is 62.0 Å². The van der Waals surface area contributed by atoms with Gasteiger partial charge in [0.1, 0.15) is 17.3 Å². The number of ether oxygens (including phenoxy) is 1. The van der Waals surface area contributed by atoms with Crippen molar-refractivity contribution in [2.75, 3.05) is 43.1 Å². The lowest BCUT2D eigenvalue weighted by molar-refractivity contribution is -0.121. The normalized spacial score (nSPS) is 14.6. The van der Waals surface area contributed by atoms with Crippen molar-refractivity contribution < 1.29 is 13.9 Å². The lowest BCUT2D eigenvalue weighted by atomic mass is 10.1. The minimum atomic E-state index is -0.00601. The van der Waals surface area contributed by atoms with Crippen LogP contribution in [0.3, 0.4) is 0 Å². The third-order valence-corrected chi connectivity index (χ3v) is 6.72. The van der Waals surface area contributed by atoms with Gasteiger partial charge in [0, 0.05) is 63.2 Å². The van der Waals surface area contributed by atoms with Crippen molar-refractivity contribution >= 4 is 23.1 Å². The Kier molecular flexibility index (Phi) is 7.53. The van der Waals surface area contributed by atoms with Crippen LogP contribution in [0.1, 0.15) is 31.4 Å². The second-order valence-corrected chi connectivity index (χ2v) is 9.34. The van der Waals surface area contributed by atoms with Gasteiger partial charge in [0.25, 0.3) is 0 Å². The monoisotopic (exact) mass is 503 g/mol. The summed E-state index contributed by atoms with van der Waals surface area (Å²) in [6, 6.07) is 16.0. The molecule has 37 heavy (non-hydrogen) atoms. The second-order valence-electron chi connectivity index (χ2n) is 9.34. The van der Waals surface area contributed by atoms with Gasteiger partial charge in [-0.05, 0) is 49.7 Å². The van der Waals surface area contributed by atoms with Crippen LogP contribution in [0.4, 0.5) is 11.5 Å². The van der Waals surface area contributed by atoms with Crippen LogP contribution in [0.25, 0.3) is 5.65 Å². The Morgan fingerprint density at radius 2 is 1.89 bits per heavy atom. The van der Waals surface area contributed by atoms with Gasteiger partial charge in [-0.1, -0.05) is 6.07 Å². The van der Waals surface area contributed by atoms with Gasteiger partial charge in [0.05, 0.1) is 13.4 Å². The summed E-state index contributed by atoms with van der Waals surface area (Å²) in [5.41, 5.74) is 1.85. The number of hydrogen-bond donors (Lipinski definition) is 1. The van der Waals surface area contributed by atoms with Gasteiger partial charge < -0.3 is 24.3 Å². The van der Waals surface area contributed by atoms with Crippen molar-refractivity contribution in [2.24, 2.45) is 0 Å². The van der Waals surface area contributed by atoms with Gasteiger partial charge >= 0.3 is 0 Å². The van der Waals surface area contributed by atoms with Crippen LogP contribution in [0.15, 0.2) is 59.2 Å². The van der Waals surface area contributed by atoms with E-state index in [1.54, 1.807) is 17.9 Å². The zero-order valence-corrected chi connectivity index (χ0v) is 21.3. The van der Waals surface area contributed by atoms with Gasteiger partial charge in [-0.2, -0.15) is 4.52 Å². The molecule has 0 radical (unpaired) electrons. The van der Waals surface area contributed by atoms with Crippen LogP contribution >= 0.6 is 0 Å². The average Bonchev–Trinajstić information content (AvgIpc) is 3.60. The van der Waals surface area contributed by atoms with E-state index in [4.69, 9.17) is 14.3 Å². The molecule has 0 saturated carbocycles. The minimum Gasteiger partial charge on any atom is -0.497 e. The van der Waals surface area contributed by atoms with Crippen LogP contribution in [-0.2, 0) is 17.6 Å². The van der Waals surface area contributed by atoms with Gasteiger partial charge in [0.2, 0.25) is 5.91 Å². The van der Waals surface area contributed by atoms with E-state index < -0.39 is 0 Å². The SMILES string of the molecule is COc1cccc(N2CCN(c3ccc4nnc(CCC(=O)N[C@@H](C)CCc5ccco5)n4n3)CC2)c1. The predicted molar refractivity (Wildman–Crippen MR) is 141 cm³/mol. The van der Waals surface area contributed by atoms with Gasteiger partial charge in [0.15, 0.2) is 11.5 Å². The molecule has 1 N–H and O–H groups in total. The molecule has 4 aromatic rings. The number of benzene rings is 1. The van der Waals surface area contributed by atoms with Crippen molar-refractivity contribution in [2.45, 2.75) is 38.6 Å². The first-order valence-corrected chi connectivity index (χ1v) is 12.8. The van der Waals surface area contributed by atoms with Crippen molar-refractivity contribution in [3.63, 3.8) is 0 Å². The third-order valence-electron chi connectivity index (χ3n) is 6.72. The van der Waals surface area contributed by atoms with Crippen molar-refractivity contribution in [3.05, 3.63) is 66.4 Å². The predicted octanol–water partition coefficient (Wildman–Crippen LogP) is 3.12. The van der Waals surface area contributed by atoms with Gasteiger partial charge in [-0.15, -0.1) is 15.3 Å². The first kappa shape index (κ1) is 24.6. The number of nitrogens with zero attached hydrogens (tertiary/aromatic N) is 6. The van der Waals surface area contributed by atoms with Crippen LogP contribution in [0.5, 0.6) is 5.75 Å². The first-order valence-electron chi connectivity index (χ1n) is 12.8. The summed E-state index contributed by atoms with van der Waals surface area (Å²) in [6.07, 6.45) is 4.09. The Morgan fingerprint density at radius 3 is 2.68 bits per heavy atom. The summed E-state index contributed by atoms with van der Waals surface area (Å²) in [5.74, 6) is 3.36. The molecule has 1 aromatic carbocycles. The number of rotatable bonds is 10. The summed E-state index contributed by atoms with van der Waals surface area (Å²) < 4.78 is 12.5. The summed E-state index contributed by atoms with van der Waals surface area (Å²) in [6.45, 7) is 5.49. The fraction of sp³-hybridized carbons (Fsp3) is 0.407. The van der Waals surface area contributed by atoms with Crippen molar-refractivity contribution in [1.82, 2.24) is 25.1 Å². The minimum absolute atomic E-state index is 0.00601. The lowest BCUT2D eigenvalue weighted by Crippen LogP contribution is -2.47. The number of carbonyl (C=O) groups is 1. The summed E-state index contributed by atoms with van der Waals surface area (Å²) in [5, 5.41) is 16.4. The molecular formula is C27H33N7O3. The highest BCUT2D eigenvalue weighted by atomic mass is 16.5. The van der Waals surface area contributed by atoms with Crippen LogP contribution < -0.4 is 19.9 Å². The van der Waals surface area contributed by atoms with Crippen LogP contribution in [0, 0.1) is 0 Å². The highest BCUT2D eigenvalue weighted by Crippen LogP contribution is 2.23. The molecule has 0 spiro atoms. The van der Waals surface area contributed by atoms with E-state index in [1.807, 2.05) is 43.3 Å². The number of fused-ring (bicyclic) bond motifs is 1. The highest BCUT2D eigenvalue weighted by Gasteiger charge is 2.20. The summed E-state index contributed by atoms with van der Waals surface area (Å²) in [7, 11) is 1.69. The lowest BCUT2D eigenvalue weighted by Gasteiger charge is -2.36. The zero-order chi connectivity index (χ0) is 25.6. The molecule has 194 valence electrons. The number of aromatic nitrogens is 4. The number of nitrogens with one attached hydrogen (secondary N) is 1. The van der Waals surface area contributed by atoms with E-state index in [0.29, 0.717) is 24.3 Å². The zero-order valence-electron chi connectivity index (χ0n) is 21.3. The van der Waals surface area contributed by atoms with Crippen LogP contribution in [-0.4, -0.2) is 65.0 Å². The molecule has 4 heterocycles. The molecule has 3 aromatic heterocycles. The van der Waals surface area contributed by atoms with Gasteiger partial charge in [-0.3, -0.25) is 4.79 Å². The number of aryl methyl sites for hydroxylation is 2. The molecular weight excluding hydrogens is 470 g/mol. The molecule has 1 aliphatic rings. The standard InChI is InChI=1S/C27H33N7O3/c1-20(8-9-22-7-4-18-37-22)28-27(35)13-12-25-30-29-24-10-11-26(31-34(24)25)33-16-14-32(15-17-33)21-5-3-6-23(19-21)36-2/h3-7,10-11,18-20H,8-9,12-17H2,1-2H3,(H,28,35)/t20-/m0/s1. The average molecular weight is 504 g/mol. The second kappa shape index (κ2) is 11.3. The molecule has 1 amide bonds. The van der Waals surface area contributed by atoms with E-state index in [1.165, 1.54) is 0 Å². The number of amides is 1. The number of carbonyl (C=O) groups excluding carboxylic acids is 1. The molecule has 1 aliphatic heterocycles. The van der Waals surface area contributed by atoms with E-state index in [9.17, 15) is 4.79 Å². The molecule has 10 heteroatoms. The molecule has 1 atom stereocenters. The first-order chi connectivity index (χ1) is 18.1. The molecule has 0 aliphatic carbocycles. The number of furan rings is 1. The molecule has 1 saturated heterocycles. The Bertz CT molecular complexity index is 1310. The number of hydrogen-bond acceptors (Lipinski definition) is 8. The molecule has 10 nitrogen and oxygen atoms in total. The Hall–Kier alpha value is -4.08. The van der Waals surface area contributed by atoms with E-state index >= 15 is 0 Å². The maximum absolute atomic E-state index is 12.5. The Balaban J connectivity index is 1.15. The Labute approximate surface area is 216 Å². The fourth-order valence-electron chi connectivity index (χ4n) is 4.61. The number of anilines is 2. The van der Waals surface area contributed by atoms with E-state index in [-0.39, 0.29) is 11.9 Å². The molecule has 5 rings (SSSR count). The van der Waals surface area contributed by atoms with Crippen molar-refractivity contribution in [3.8, 4) is 5.75 Å². The Morgan fingerprint density at radius 1 is 1.05 bits per heavy atom. The quantitative estimate of drug-likeness (QED) is 0.352. The maximum atomic E-state index is 12.5. The third kappa shape index (κ3) is 6.02. The topological polar surface area (TPSA) is 101 Å². The maximum Gasteiger partial charge on any atom is 0.220 e. The molecule has 0 bridgehead atoms. The molecule has 1 fully saturated rings. The largest absolute Gasteiger partial charge is 0.497 e. The van der Waals surface area contributed by atoms with Gasteiger partial charge in [-0.25, -0.2) is 0 Å². The fourth-order valence-corrected chi connectivity index (χ4v) is 4.61. The highest BCUT2D eigenvalue weighted by molar-refractivity contribution is 5.76. The molecule has 0 unspecified atom stereocenters. The number of piperazine rings is 1.